The fraction of sp³-hybridized carbons (Fsp3) is 0.412. The molecule has 130 valence electrons. The zero-order chi connectivity index (χ0) is 18.1. The summed E-state index contributed by atoms with van der Waals surface area (Å²) >= 11 is 1.41. The van der Waals surface area contributed by atoms with E-state index in [-0.39, 0.29) is 0 Å². The summed E-state index contributed by atoms with van der Waals surface area (Å²) in [6.45, 7) is 3.70. The second-order valence-electron chi connectivity index (χ2n) is 6.75. The Morgan fingerprint density at radius 2 is 1.68 bits per heavy atom. The minimum Gasteiger partial charge on any atom is -0.467 e. The molecule has 3 amide bonds. The van der Waals surface area contributed by atoms with Gasteiger partial charge in [0.15, 0.2) is 0 Å². The SMILES string of the molecule is COC(=O)C1N2C(=O)C(N3C(=O)c4ccccc4C3=O)C2SC1(C)C. The first kappa shape index (κ1) is 16.1. The number of hydrogen-bond acceptors (Lipinski definition) is 6. The molecular formula is C17H16N2O5S. The van der Waals surface area contributed by atoms with Crippen LogP contribution in [0, 0.1) is 0 Å². The van der Waals surface area contributed by atoms with Gasteiger partial charge in [-0.15, -0.1) is 11.8 Å². The molecule has 3 aliphatic rings. The maximum absolute atomic E-state index is 12.7. The zero-order valence-electron chi connectivity index (χ0n) is 13.9. The molecule has 1 aromatic rings. The van der Waals surface area contributed by atoms with Gasteiger partial charge in [0.1, 0.15) is 17.5 Å². The summed E-state index contributed by atoms with van der Waals surface area (Å²) in [6.07, 6.45) is 0. The van der Waals surface area contributed by atoms with E-state index in [9.17, 15) is 19.2 Å². The highest BCUT2D eigenvalue weighted by Crippen LogP contribution is 2.53. The molecule has 3 heterocycles. The molecule has 1 aromatic carbocycles. The van der Waals surface area contributed by atoms with Crippen molar-refractivity contribution in [3.05, 3.63) is 35.4 Å². The van der Waals surface area contributed by atoms with E-state index >= 15 is 0 Å². The molecule has 7 nitrogen and oxygen atoms in total. The highest BCUT2D eigenvalue weighted by Gasteiger charge is 2.67. The molecule has 8 heteroatoms. The summed E-state index contributed by atoms with van der Waals surface area (Å²) < 4.78 is 4.26. The largest absolute Gasteiger partial charge is 0.467 e. The third-order valence-corrected chi connectivity index (χ3v) is 6.50. The van der Waals surface area contributed by atoms with Crippen LogP contribution in [0.25, 0.3) is 0 Å². The third-order valence-electron chi connectivity index (χ3n) is 4.94. The molecule has 3 atom stereocenters. The van der Waals surface area contributed by atoms with Crippen LogP contribution < -0.4 is 0 Å². The van der Waals surface area contributed by atoms with Gasteiger partial charge in [0.2, 0.25) is 0 Å². The van der Waals surface area contributed by atoms with Crippen LogP contribution >= 0.6 is 11.8 Å². The lowest BCUT2D eigenvalue weighted by atomic mass is 9.95. The lowest BCUT2D eigenvalue weighted by molar-refractivity contribution is -0.164. The average Bonchev–Trinajstić information content (AvgIpc) is 2.98. The van der Waals surface area contributed by atoms with E-state index in [1.165, 1.54) is 23.8 Å². The van der Waals surface area contributed by atoms with Crippen molar-refractivity contribution in [1.29, 1.82) is 0 Å². The Morgan fingerprint density at radius 1 is 1.12 bits per heavy atom. The molecule has 2 saturated heterocycles. The van der Waals surface area contributed by atoms with Crippen molar-refractivity contribution in [2.75, 3.05) is 7.11 Å². The Balaban J connectivity index is 1.68. The highest BCUT2D eigenvalue weighted by molar-refractivity contribution is 8.01. The molecule has 25 heavy (non-hydrogen) atoms. The summed E-state index contributed by atoms with van der Waals surface area (Å²) in [5.74, 6) is -1.81. The van der Waals surface area contributed by atoms with Crippen molar-refractivity contribution in [2.24, 2.45) is 0 Å². The number of rotatable bonds is 2. The lowest BCUT2D eigenvalue weighted by Crippen LogP contribution is -2.71. The maximum Gasteiger partial charge on any atom is 0.330 e. The van der Waals surface area contributed by atoms with Crippen molar-refractivity contribution >= 4 is 35.5 Å². The van der Waals surface area contributed by atoms with Gasteiger partial charge in [-0.05, 0) is 26.0 Å². The third kappa shape index (κ3) is 1.94. The number of carbonyl (C=O) groups is 4. The number of benzene rings is 1. The predicted molar refractivity (Wildman–Crippen MR) is 88.8 cm³/mol. The number of amides is 3. The van der Waals surface area contributed by atoms with E-state index in [2.05, 4.69) is 0 Å². The number of hydrogen-bond donors (Lipinski definition) is 0. The van der Waals surface area contributed by atoms with Gasteiger partial charge in [0.05, 0.1) is 18.2 Å². The van der Waals surface area contributed by atoms with E-state index in [1.807, 2.05) is 13.8 Å². The first-order valence-electron chi connectivity index (χ1n) is 7.84. The Hall–Kier alpha value is -2.35. The van der Waals surface area contributed by atoms with Gasteiger partial charge >= 0.3 is 5.97 Å². The van der Waals surface area contributed by atoms with Crippen LogP contribution in [0.1, 0.15) is 34.6 Å². The summed E-state index contributed by atoms with van der Waals surface area (Å²) in [5.41, 5.74) is 0.621. The minimum absolute atomic E-state index is 0.311. The molecular weight excluding hydrogens is 344 g/mol. The number of fused-ring (bicyclic) bond motifs is 2. The molecule has 0 radical (unpaired) electrons. The van der Waals surface area contributed by atoms with Crippen molar-refractivity contribution < 1.29 is 23.9 Å². The van der Waals surface area contributed by atoms with Crippen molar-refractivity contribution in [3.63, 3.8) is 0 Å². The summed E-state index contributed by atoms with van der Waals surface area (Å²) in [6, 6.07) is 4.92. The monoisotopic (exact) mass is 360 g/mol. The molecule has 0 aromatic heterocycles. The molecule has 2 fully saturated rings. The van der Waals surface area contributed by atoms with Crippen LogP contribution in [0.3, 0.4) is 0 Å². The van der Waals surface area contributed by atoms with Crippen molar-refractivity contribution in [3.8, 4) is 0 Å². The number of thioether (sulfide) groups is 1. The summed E-state index contributed by atoms with van der Waals surface area (Å²) in [7, 11) is 1.28. The van der Waals surface area contributed by atoms with E-state index in [0.29, 0.717) is 11.1 Å². The smallest absolute Gasteiger partial charge is 0.330 e. The van der Waals surface area contributed by atoms with E-state index < -0.39 is 45.9 Å². The van der Waals surface area contributed by atoms with Gasteiger partial charge in [-0.3, -0.25) is 19.3 Å². The molecule has 0 spiro atoms. The topological polar surface area (TPSA) is 84.0 Å². The van der Waals surface area contributed by atoms with Gasteiger partial charge in [0, 0.05) is 4.75 Å². The van der Waals surface area contributed by atoms with E-state index in [1.54, 1.807) is 24.3 Å². The fourth-order valence-corrected chi connectivity index (χ4v) is 5.45. The van der Waals surface area contributed by atoms with Crippen LogP contribution in [0.15, 0.2) is 24.3 Å². The van der Waals surface area contributed by atoms with Gasteiger partial charge in [-0.25, -0.2) is 4.79 Å². The van der Waals surface area contributed by atoms with Crippen molar-refractivity contribution in [2.45, 2.75) is 36.1 Å². The van der Waals surface area contributed by atoms with Gasteiger partial charge < -0.3 is 9.64 Å². The van der Waals surface area contributed by atoms with Crippen LogP contribution in [-0.4, -0.2) is 62.8 Å². The van der Waals surface area contributed by atoms with Crippen LogP contribution in [-0.2, 0) is 14.3 Å². The molecule has 0 aliphatic carbocycles. The number of methoxy groups -OCH3 is 1. The molecule has 0 saturated carbocycles. The number of imide groups is 1. The number of esters is 1. The summed E-state index contributed by atoms with van der Waals surface area (Å²) in [4.78, 5) is 52.6. The molecule has 3 unspecified atom stereocenters. The van der Waals surface area contributed by atoms with Crippen LogP contribution in [0.4, 0.5) is 0 Å². The number of nitrogens with zero attached hydrogens (tertiary/aromatic N) is 2. The Labute approximate surface area is 148 Å². The summed E-state index contributed by atoms with van der Waals surface area (Å²) in [5, 5.41) is -0.436. The van der Waals surface area contributed by atoms with Crippen LogP contribution in [0.2, 0.25) is 0 Å². The Kier molecular flexibility index (Phi) is 3.28. The van der Waals surface area contributed by atoms with E-state index in [4.69, 9.17) is 4.74 Å². The first-order valence-corrected chi connectivity index (χ1v) is 8.72. The van der Waals surface area contributed by atoms with Gasteiger partial charge in [-0.1, -0.05) is 12.1 Å². The standard InChI is InChI=1S/C17H16N2O5S/c1-17(2)11(16(23)24-3)19-14(22)10(15(19)25-17)18-12(20)8-6-4-5-7-9(8)13(18)21/h4-7,10-11,15H,1-3H3. The van der Waals surface area contributed by atoms with E-state index in [0.717, 1.165) is 4.90 Å². The minimum atomic E-state index is -0.883. The fourth-order valence-electron chi connectivity index (χ4n) is 3.78. The highest BCUT2D eigenvalue weighted by atomic mass is 32.2. The first-order chi connectivity index (χ1) is 11.8. The predicted octanol–water partition coefficient (Wildman–Crippen LogP) is 0.886. The number of carbonyl (C=O) groups excluding carboxylic acids is 4. The quantitative estimate of drug-likeness (QED) is 0.442. The zero-order valence-corrected chi connectivity index (χ0v) is 14.7. The Bertz CT molecular complexity index is 801. The second kappa shape index (κ2) is 5.08. The van der Waals surface area contributed by atoms with Gasteiger partial charge in [-0.2, -0.15) is 0 Å². The molecule has 3 aliphatic heterocycles. The molecule has 0 N–H and O–H groups in total. The number of β-lactam (4-membered cyclic amide) rings is 1. The number of ether oxygens (including phenoxy) is 1. The maximum atomic E-state index is 12.7. The average molecular weight is 360 g/mol. The molecule has 0 bridgehead atoms. The van der Waals surface area contributed by atoms with Crippen molar-refractivity contribution in [1.82, 2.24) is 9.80 Å². The lowest BCUT2D eigenvalue weighted by Gasteiger charge is -2.46. The second-order valence-corrected chi connectivity index (χ2v) is 8.52. The normalized spacial score (nSPS) is 29.4. The van der Waals surface area contributed by atoms with Gasteiger partial charge in [0.25, 0.3) is 17.7 Å². The van der Waals surface area contributed by atoms with Crippen LogP contribution in [0.5, 0.6) is 0 Å². The molecule has 4 rings (SSSR count). The Morgan fingerprint density at radius 3 is 2.20 bits per heavy atom.